The van der Waals surface area contributed by atoms with E-state index in [-0.39, 0.29) is 18.3 Å². The molecule has 3 heterocycles. The number of rotatable bonds is 4. The number of halogens is 3. The van der Waals surface area contributed by atoms with Crippen LogP contribution in [0.4, 0.5) is 18.9 Å². The van der Waals surface area contributed by atoms with Gasteiger partial charge in [0.1, 0.15) is 0 Å². The molecule has 8 heteroatoms. The summed E-state index contributed by atoms with van der Waals surface area (Å²) in [6, 6.07) is 7.85. The number of anilines is 1. The van der Waals surface area contributed by atoms with Crippen molar-refractivity contribution in [2.75, 3.05) is 18.4 Å². The van der Waals surface area contributed by atoms with Crippen LogP contribution in [-0.4, -0.2) is 23.9 Å². The van der Waals surface area contributed by atoms with E-state index in [4.69, 9.17) is 0 Å². The number of amides is 1. The van der Waals surface area contributed by atoms with Crippen LogP contribution < -0.4 is 5.32 Å². The number of benzene rings is 1. The molecule has 0 radical (unpaired) electrons. The van der Waals surface area contributed by atoms with Gasteiger partial charge >= 0.3 is 0 Å². The quantitative estimate of drug-likeness (QED) is 0.628. The minimum atomic E-state index is -1.59. The Kier molecular flexibility index (Phi) is 5.03. The lowest BCUT2D eigenvalue weighted by atomic mass is 9.98. The van der Waals surface area contributed by atoms with E-state index in [1.54, 1.807) is 22.7 Å². The van der Waals surface area contributed by atoms with Gasteiger partial charge in [0.25, 0.3) is 0 Å². The molecule has 1 amide bonds. The molecule has 3 nitrogen and oxygen atoms in total. The lowest BCUT2D eigenvalue weighted by molar-refractivity contribution is -0.117. The Hall–Kier alpha value is -2.16. The van der Waals surface area contributed by atoms with Gasteiger partial charge in [-0.3, -0.25) is 9.69 Å². The first-order chi connectivity index (χ1) is 13.0. The zero-order chi connectivity index (χ0) is 19.0. The van der Waals surface area contributed by atoms with Crippen LogP contribution in [0.25, 0.3) is 0 Å². The number of nitrogens with one attached hydrogen (secondary N) is 1. The van der Waals surface area contributed by atoms with Gasteiger partial charge in [0.15, 0.2) is 17.5 Å². The van der Waals surface area contributed by atoms with Crippen molar-refractivity contribution in [1.29, 1.82) is 0 Å². The highest BCUT2D eigenvalue weighted by Gasteiger charge is 2.31. The first-order valence-corrected chi connectivity index (χ1v) is 10.1. The van der Waals surface area contributed by atoms with E-state index >= 15 is 0 Å². The van der Waals surface area contributed by atoms with E-state index in [1.165, 1.54) is 10.4 Å². The summed E-state index contributed by atoms with van der Waals surface area (Å²) in [4.78, 5) is 16.9. The largest absolute Gasteiger partial charge is 0.322 e. The smallest absolute Gasteiger partial charge is 0.238 e. The van der Waals surface area contributed by atoms with Crippen molar-refractivity contribution >= 4 is 34.3 Å². The molecule has 0 aliphatic carbocycles. The van der Waals surface area contributed by atoms with Gasteiger partial charge in [0.2, 0.25) is 5.91 Å². The number of thiophene rings is 2. The predicted molar refractivity (Wildman–Crippen MR) is 101 cm³/mol. The molecule has 0 saturated carbocycles. The Labute approximate surface area is 162 Å². The van der Waals surface area contributed by atoms with Gasteiger partial charge in [-0.2, -0.15) is 0 Å². The van der Waals surface area contributed by atoms with Gasteiger partial charge in [-0.1, -0.05) is 6.07 Å². The van der Waals surface area contributed by atoms with E-state index in [9.17, 15) is 18.0 Å². The molecule has 0 unspecified atom stereocenters. The fourth-order valence-electron chi connectivity index (χ4n) is 3.32. The number of hydrogen-bond acceptors (Lipinski definition) is 4. The minimum absolute atomic E-state index is 0.0241. The minimum Gasteiger partial charge on any atom is -0.322 e. The summed E-state index contributed by atoms with van der Waals surface area (Å²) >= 11 is 3.32. The Morgan fingerprint density at radius 2 is 1.96 bits per heavy atom. The fraction of sp³-hybridized carbons (Fsp3) is 0.211. The summed E-state index contributed by atoms with van der Waals surface area (Å²) in [6.07, 6.45) is 0.835. The highest BCUT2D eigenvalue weighted by atomic mass is 32.1. The van der Waals surface area contributed by atoms with Crippen LogP contribution in [0, 0.1) is 17.5 Å². The van der Waals surface area contributed by atoms with E-state index in [0.29, 0.717) is 6.54 Å². The van der Waals surface area contributed by atoms with Crippen LogP contribution in [0.2, 0.25) is 0 Å². The molecular formula is C19H15F3N2OS2. The molecule has 1 N–H and O–H groups in total. The van der Waals surface area contributed by atoms with Crippen LogP contribution in [0.1, 0.15) is 21.4 Å². The molecule has 0 fully saturated rings. The third kappa shape index (κ3) is 3.52. The fourth-order valence-corrected chi connectivity index (χ4v) is 5.10. The molecule has 0 saturated heterocycles. The number of carbonyl (C=O) groups excluding carboxylic acids is 1. The normalized spacial score (nSPS) is 16.9. The van der Waals surface area contributed by atoms with Crippen molar-refractivity contribution in [3.05, 3.63) is 73.9 Å². The molecule has 1 aromatic carbocycles. The second-order valence-electron chi connectivity index (χ2n) is 6.21. The molecular weight excluding hydrogens is 393 g/mol. The number of carbonyl (C=O) groups is 1. The maximum absolute atomic E-state index is 13.8. The third-order valence-corrected chi connectivity index (χ3v) is 6.46. The van der Waals surface area contributed by atoms with Crippen LogP contribution in [0.3, 0.4) is 0 Å². The van der Waals surface area contributed by atoms with Gasteiger partial charge in [-0.05, 0) is 47.0 Å². The zero-order valence-electron chi connectivity index (χ0n) is 14.0. The molecule has 4 rings (SSSR count). The van der Waals surface area contributed by atoms with Crippen molar-refractivity contribution in [1.82, 2.24) is 4.90 Å². The molecule has 1 atom stereocenters. The zero-order valence-corrected chi connectivity index (χ0v) is 15.7. The van der Waals surface area contributed by atoms with Crippen LogP contribution >= 0.6 is 22.7 Å². The highest BCUT2D eigenvalue weighted by molar-refractivity contribution is 7.10. The topological polar surface area (TPSA) is 32.3 Å². The molecule has 0 bridgehead atoms. The summed E-state index contributed by atoms with van der Waals surface area (Å²) in [6.45, 7) is 0.708. The molecule has 27 heavy (non-hydrogen) atoms. The second kappa shape index (κ2) is 7.46. The van der Waals surface area contributed by atoms with Gasteiger partial charge in [0, 0.05) is 16.3 Å². The lowest BCUT2D eigenvalue weighted by Crippen LogP contribution is -2.40. The third-order valence-electron chi connectivity index (χ3n) is 4.53. The van der Waals surface area contributed by atoms with Crippen molar-refractivity contribution in [2.24, 2.45) is 0 Å². The SMILES string of the molecule is O=C(CN1CCc2sccc2[C@H]1c1cccs1)Nc1ccc(F)c(F)c1F. The predicted octanol–water partition coefficient (Wildman–Crippen LogP) is 4.81. The summed E-state index contributed by atoms with van der Waals surface area (Å²) in [5.41, 5.74) is 0.820. The average Bonchev–Trinajstić information content (AvgIpc) is 3.33. The average molecular weight is 408 g/mol. The van der Waals surface area contributed by atoms with Gasteiger partial charge in [-0.25, -0.2) is 13.2 Å². The van der Waals surface area contributed by atoms with Crippen molar-refractivity contribution < 1.29 is 18.0 Å². The molecule has 140 valence electrons. The molecule has 0 spiro atoms. The van der Waals surface area contributed by atoms with E-state index in [2.05, 4.69) is 11.4 Å². The molecule has 2 aromatic heterocycles. The Balaban J connectivity index is 1.55. The molecule has 1 aliphatic rings. The maximum atomic E-state index is 13.8. The highest BCUT2D eigenvalue weighted by Crippen LogP contribution is 2.39. The lowest BCUT2D eigenvalue weighted by Gasteiger charge is -2.34. The van der Waals surface area contributed by atoms with Crippen LogP contribution in [0.15, 0.2) is 41.1 Å². The van der Waals surface area contributed by atoms with Gasteiger partial charge < -0.3 is 5.32 Å². The van der Waals surface area contributed by atoms with Crippen LogP contribution in [-0.2, 0) is 11.2 Å². The maximum Gasteiger partial charge on any atom is 0.238 e. The van der Waals surface area contributed by atoms with Crippen molar-refractivity contribution in [3.63, 3.8) is 0 Å². The molecule has 1 aliphatic heterocycles. The van der Waals surface area contributed by atoms with E-state index in [1.807, 2.05) is 27.8 Å². The number of hydrogen-bond donors (Lipinski definition) is 1. The monoisotopic (exact) mass is 408 g/mol. The summed E-state index contributed by atoms with van der Waals surface area (Å²) in [5, 5.41) is 6.39. The number of nitrogens with zero attached hydrogens (tertiary/aromatic N) is 1. The van der Waals surface area contributed by atoms with Crippen molar-refractivity contribution in [2.45, 2.75) is 12.5 Å². The van der Waals surface area contributed by atoms with Gasteiger partial charge in [0.05, 0.1) is 18.3 Å². The number of fused-ring (bicyclic) bond motifs is 1. The van der Waals surface area contributed by atoms with Gasteiger partial charge in [-0.15, -0.1) is 22.7 Å². The Morgan fingerprint density at radius 3 is 2.74 bits per heavy atom. The Bertz CT molecular complexity index is 972. The van der Waals surface area contributed by atoms with E-state index < -0.39 is 23.4 Å². The van der Waals surface area contributed by atoms with E-state index in [0.717, 1.165) is 23.4 Å². The Morgan fingerprint density at radius 1 is 1.11 bits per heavy atom. The summed E-state index contributed by atoms with van der Waals surface area (Å²) < 4.78 is 40.2. The summed E-state index contributed by atoms with van der Waals surface area (Å²) in [7, 11) is 0. The molecule has 3 aromatic rings. The van der Waals surface area contributed by atoms with Crippen LogP contribution in [0.5, 0.6) is 0 Å². The first-order valence-electron chi connectivity index (χ1n) is 8.31. The summed E-state index contributed by atoms with van der Waals surface area (Å²) in [5.74, 6) is -4.74. The standard InChI is InChI=1S/C19H15F3N2OS2/c20-12-3-4-13(18(22)17(12)21)23-16(25)10-24-7-5-14-11(6-9-27-14)19(24)15-2-1-8-26-15/h1-4,6,8-9,19H,5,7,10H2,(H,23,25)/t19-/m0/s1. The first kappa shape index (κ1) is 18.2. The van der Waals surface area contributed by atoms with Crippen molar-refractivity contribution in [3.8, 4) is 0 Å². The second-order valence-corrected chi connectivity index (χ2v) is 8.19.